The van der Waals surface area contributed by atoms with Crippen LogP contribution in [-0.4, -0.2) is 22.6 Å². The van der Waals surface area contributed by atoms with Gasteiger partial charge in [-0.25, -0.2) is 9.97 Å². The van der Waals surface area contributed by atoms with Crippen molar-refractivity contribution < 1.29 is 0 Å². The summed E-state index contributed by atoms with van der Waals surface area (Å²) in [6.45, 7) is 3.91. The van der Waals surface area contributed by atoms with Crippen LogP contribution in [-0.2, 0) is 13.0 Å². The molecular formula is C11H16N4. The lowest BCUT2D eigenvalue weighted by atomic mass is 10.1. The number of hydrogen-bond acceptors (Lipinski definition) is 4. The molecule has 0 saturated heterocycles. The Kier molecular flexibility index (Phi) is 2.09. The molecule has 1 saturated carbocycles. The highest BCUT2D eigenvalue weighted by molar-refractivity contribution is 5.49. The third-order valence-corrected chi connectivity index (χ3v) is 2.96. The minimum absolute atomic E-state index is 0.658. The molecule has 0 spiro atoms. The molecule has 80 valence electrons. The van der Waals surface area contributed by atoms with Crippen molar-refractivity contribution in [2.45, 2.75) is 38.8 Å². The second-order valence-electron chi connectivity index (χ2n) is 4.39. The van der Waals surface area contributed by atoms with Crippen molar-refractivity contribution in [1.29, 1.82) is 0 Å². The molecule has 3 rings (SSSR count). The van der Waals surface area contributed by atoms with E-state index in [1.807, 2.05) is 6.92 Å². The molecule has 15 heavy (non-hydrogen) atoms. The lowest BCUT2D eigenvalue weighted by Gasteiger charge is -2.20. The summed E-state index contributed by atoms with van der Waals surface area (Å²) in [6, 6.07) is 0.658. The molecule has 0 atom stereocenters. The number of rotatable bonds is 2. The van der Waals surface area contributed by atoms with Gasteiger partial charge in [-0.15, -0.1) is 0 Å². The molecule has 4 heteroatoms. The first-order valence-corrected chi connectivity index (χ1v) is 5.66. The monoisotopic (exact) mass is 204 g/mol. The van der Waals surface area contributed by atoms with E-state index in [2.05, 4.69) is 20.6 Å². The average molecular weight is 204 g/mol. The third kappa shape index (κ3) is 1.81. The van der Waals surface area contributed by atoms with E-state index in [9.17, 15) is 0 Å². The van der Waals surface area contributed by atoms with E-state index >= 15 is 0 Å². The van der Waals surface area contributed by atoms with E-state index in [1.165, 1.54) is 24.1 Å². The van der Waals surface area contributed by atoms with Gasteiger partial charge in [-0.3, -0.25) is 0 Å². The summed E-state index contributed by atoms with van der Waals surface area (Å²) in [7, 11) is 0. The van der Waals surface area contributed by atoms with Gasteiger partial charge in [0.1, 0.15) is 11.6 Å². The van der Waals surface area contributed by atoms with Gasteiger partial charge in [0.05, 0.1) is 5.69 Å². The van der Waals surface area contributed by atoms with Crippen LogP contribution in [0.2, 0.25) is 0 Å². The fraction of sp³-hybridized carbons (Fsp3) is 0.636. The summed E-state index contributed by atoms with van der Waals surface area (Å²) >= 11 is 0. The van der Waals surface area contributed by atoms with Crippen molar-refractivity contribution in [2.75, 3.05) is 11.9 Å². The molecule has 1 aromatic rings. The molecule has 0 unspecified atom stereocenters. The van der Waals surface area contributed by atoms with Gasteiger partial charge in [-0.1, -0.05) is 0 Å². The molecule has 2 N–H and O–H groups in total. The van der Waals surface area contributed by atoms with Crippen LogP contribution in [0.5, 0.6) is 0 Å². The molecule has 4 nitrogen and oxygen atoms in total. The van der Waals surface area contributed by atoms with E-state index in [4.69, 9.17) is 0 Å². The highest BCUT2D eigenvalue weighted by atomic mass is 15.1. The Labute approximate surface area is 89.5 Å². The fourth-order valence-corrected chi connectivity index (χ4v) is 2.01. The molecule has 0 amide bonds. The topological polar surface area (TPSA) is 49.8 Å². The normalized spacial score (nSPS) is 19.8. The molecule has 0 radical (unpaired) electrons. The number of nitrogens with zero attached hydrogens (tertiary/aromatic N) is 2. The van der Waals surface area contributed by atoms with Gasteiger partial charge in [0, 0.05) is 31.1 Å². The van der Waals surface area contributed by atoms with Crippen molar-refractivity contribution >= 4 is 5.82 Å². The molecule has 0 bridgehead atoms. The zero-order chi connectivity index (χ0) is 10.3. The van der Waals surface area contributed by atoms with Crippen LogP contribution < -0.4 is 10.6 Å². The van der Waals surface area contributed by atoms with Gasteiger partial charge < -0.3 is 10.6 Å². The maximum Gasteiger partial charge on any atom is 0.134 e. The Bertz CT molecular complexity index is 384. The standard InChI is InChI=1S/C11H16N4/c1-7-13-10-4-5-12-6-9(10)11(14-7)15-8-2-3-8/h8,12H,2-6H2,1H3,(H,13,14,15). The molecule has 1 aliphatic carbocycles. The molecule has 1 fully saturated rings. The van der Waals surface area contributed by atoms with Crippen molar-refractivity contribution in [3.05, 3.63) is 17.1 Å². The number of nitrogens with one attached hydrogen (secondary N) is 2. The Morgan fingerprint density at radius 3 is 3.00 bits per heavy atom. The Morgan fingerprint density at radius 1 is 1.33 bits per heavy atom. The summed E-state index contributed by atoms with van der Waals surface area (Å²) < 4.78 is 0. The summed E-state index contributed by atoms with van der Waals surface area (Å²) in [5.74, 6) is 1.95. The maximum atomic E-state index is 4.51. The van der Waals surface area contributed by atoms with E-state index in [-0.39, 0.29) is 0 Å². The van der Waals surface area contributed by atoms with E-state index in [1.54, 1.807) is 0 Å². The van der Waals surface area contributed by atoms with Crippen LogP contribution in [0.3, 0.4) is 0 Å². The Hall–Kier alpha value is -1.16. The molecule has 1 aromatic heterocycles. The highest BCUT2D eigenvalue weighted by Crippen LogP contribution is 2.27. The predicted octanol–water partition coefficient (Wildman–Crippen LogP) is 1.01. The summed E-state index contributed by atoms with van der Waals surface area (Å²) in [6.07, 6.45) is 3.59. The Balaban J connectivity index is 1.98. The van der Waals surface area contributed by atoms with Crippen molar-refractivity contribution in [3.63, 3.8) is 0 Å². The molecular weight excluding hydrogens is 188 g/mol. The van der Waals surface area contributed by atoms with Crippen LogP contribution in [0.4, 0.5) is 5.82 Å². The predicted molar refractivity (Wildman–Crippen MR) is 58.8 cm³/mol. The van der Waals surface area contributed by atoms with Crippen LogP contribution in [0, 0.1) is 6.92 Å². The lowest BCUT2D eigenvalue weighted by Crippen LogP contribution is -2.27. The van der Waals surface area contributed by atoms with Crippen molar-refractivity contribution in [1.82, 2.24) is 15.3 Å². The lowest BCUT2D eigenvalue weighted by molar-refractivity contribution is 0.624. The number of aryl methyl sites for hydroxylation is 1. The Morgan fingerprint density at radius 2 is 2.20 bits per heavy atom. The molecule has 0 aromatic carbocycles. The van der Waals surface area contributed by atoms with Gasteiger partial charge in [0.25, 0.3) is 0 Å². The molecule has 1 aliphatic heterocycles. The van der Waals surface area contributed by atoms with Gasteiger partial charge >= 0.3 is 0 Å². The van der Waals surface area contributed by atoms with Gasteiger partial charge in [-0.2, -0.15) is 0 Å². The zero-order valence-electron chi connectivity index (χ0n) is 9.01. The summed E-state index contributed by atoms with van der Waals surface area (Å²) in [5.41, 5.74) is 2.50. The summed E-state index contributed by atoms with van der Waals surface area (Å²) in [5, 5.41) is 6.87. The van der Waals surface area contributed by atoms with E-state index < -0.39 is 0 Å². The van der Waals surface area contributed by atoms with Crippen molar-refractivity contribution in [2.24, 2.45) is 0 Å². The summed E-state index contributed by atoms with van der Waals surface area (Å²) in [4.78, 5) is 9.02. The molecule has 2 heterocycles. The van der Waals surface area contributed by atoms with Crippen LogP contribution in [0.15, 0.2) is 0 Å². The third-order valence-electron chi connectivity index (χ3n) is 2.96. The number of hydrogen-bond donors (Lipinski definition) is 2. The molecule has 2 aliphatic rings. The quantitative estimate of drug-likeness (QED) is 0.754. The van der Waals surface area contributed by atoms with Crippen LogP contribution in [0.1, 0.15) is 29.9 Å². The van der Waals surface area contributed by atoms with Gasteiger partial charge in [0.15, 0.2) is 0 Å². The van der Waals surface area contributed by atoms with Crippen molar-refractivity contribution in [3.8, 4) is 0 Å². The van der Waals surface area contributed by atoms with E-state index in [0.717, 1.165) is 31.2 Å². The minimum atomic E-state index is 0.658. The highest BCUT2D eigenvalue weighted by Gasteiger charge is 2.24. The first-order chi connectivity index (χ1) is 7.33. The largest absolute Gasteiger partial charge is 0.367 e. The SMILES string of the molecule is Cc1nc2c(c(NC3CC3)n1)CNCC2. The second-order valence-corrected chi connectivity index (χ2v) is 4.39. The van der Waals surface area contributed by atoms with Crippen LogP contribution >= 0.6 is 0 Å². The first kappa shape index (κ1) is 9.09. The first-order valence-electron chi connectivity index (χ1n) is 5.66. The van der Waals surface area contributed by atoms with E-state index in [0.29, 0.717) is 6.04 Å². The number of anilines is 1. The van der Waals surface area contributed by atoms with Crippen LogP contribution in [0.25, 0.3) is 0 Å². The second kappa shape index (κ2) is 3.45. The van der Waals surface area contributed by atoms with Gasteiger partial charge in [0.2, 0.25) is 0 Å². The number of fused-ring (bicyclic) bond motifs is 1. The van der Waals surface area contributed by atoms with Gasteiger partial charge in [-0.05, 0) is 19.8 Å². The smallest absolute Gasteiger partial charge is 0.134 e. The zero-order valence-corrected chi connectivity index (χ0v) is 9.01. The fourth-order valence-electron chi connectivity index (χ4n) is 2.01. The minimum Gasteiger partial charge on any atom is -0.367 e. The average Bonchev–Trinajstić information content (AvgIpc) is 3.01. The maximum absolute atomic E-state index is 4.51. The number of aromatic nitrogens is 2.